The van der Waals surface area contributed by atoms with Crippen LogP contribution in [0.25, 0.3) is 11.1 Å². The van der Waals surface area contributed by atoms with Crippen molar-refractivity contribution < 1.29 is 9.53 Å². The average molecular weight is 306 g/mol. The van der Waals surface area contributed by atoms with Crippen LogP contribution in [0, 0.1) is 6.92 Å². The minimum atomic E-state index is -0.603. The molecule has 0 radical (unpaired) electrons. The van der Waals surface area contributed by atoms with Crippen LogP contribution in [0.2, 0.25) is 5.02 Å². The first kappa shape index (κ1) is 15.3. The van der Waals surface area contributed by atoms with Crippen molar-refractivity contribution in [1.82, 2.24) is 4.57 Å². The second-order valence-corrected chi connectivity index (χ2v) is 5.11. The lowest BCUT2D eigenvalue weighted by molar-refractivity contribution is 0.0524. The number of halogens is 1. The number of esters is 1. The lowest BCUT2D eigenvalue weighted by Crippen LogP contribution is -2.23. The highest BCUT2D eigenvalue weighted by Crippen LogP contribution is 2.22. The van der Waals surface area contributed by atoms with Gasteiger partial charge in [-0.3, -0.25) is 4.79 Å². The highest BCUT2D eigenvalue weighted by molar-refractivity contribution is 6.30. The Kier molecular flexibility index (Phi) is 4.48. The number of rotatable bonds is 3. The summed E-state index contributed by atoms with van der Waals surface area (Å²) in [6, 6.07) is 6.96. The zero-order valence-corrected chi connectivity index (χ0v) is 12.9. The number of hydrogen-bond donors (Lipinski definition) is 0. The van der Waals surface area contributed by atoms with Crippen LogP contribution in [-0.4, -0.2) is 17.1 Å². The van der Waals surface area contributed by atoms with Crippen LogP contribution < -0.4 is 5.43 Å². The van der Waals surface area contributed by atoms with Gasteiger partial charge in [0.2, 0.25) is 5.43 Å². The zero-order valence-electron chi connectivity index (χ0n) is 12.1. The summed E-state index contributed by atoms with van der Waals surface area (Å²) >= 11 is 5.88. The Labute approximate surface area is 127 Å². The quantitative estimate of drug-likeness (QED) is 0.818. The molecule has 0 saturated heterocycles. The van der Waals surface area contributed by atoms with Gasteiger partial charge in [0.1, 0.15) is 5.56 Å². The summed E-state index contributed by atoms with van der Waals surface area (Å²) < 4.78 is 6.69. The number of aromatic nitrogens is 1. The van der Waals surface area contributed by atoms with Gasteiger partial charge in [0.05, 0.1) is 6.61 Å². The smallest absolute Gasteiger partial charge is 0.343 e. The van der Waals surface area contributed by atoms with Gasteiger partial charge < -0.3 is 9.30 Å². The molecule has 0 spiro atoms. The largest absolute Gasteiger partial charge is 0.462 e. The van der Waals surface area contributed by atoms with Crippen molar-refractivity contribution in [3.05, 3.63) is 57.0 Å². The summed E-state index contributed by atoms with van der Waals surface area (Å²) in [7, 11) is 1.79. The van der Waals surface area contributed by atoms with Crippen molar-refractivity contribution in [3.8, 4) is 11.1 Å². The van der Waals surface area contributed by atoms with E-state index in [1.807, 2.05) is 6.92 Å². The SMILES string of the molecule is CCOC(=O)c1cn(C)c(C)c(-c2ccc(Cl)cc2)c1=O. The Morgan fingerprint density at radius 1 is 1.29 bits per heavy atom. The van der Waals surface area contributed by atoms with E-state index in [1.54, 1.807) is 42.8 Å². The number of carbonyl (C=O) groups excluding carboxylic acids is 1. The van der Waals surface area contributed by atoms with Gasteiger partial charge in [-0.25, -0.2) is 4.79 Å². The number of hydrogen-bond acceptors (Lipinski definition) is 3. The molecule has 110 valence electrons. The van der Waals surface area contributed by atoms with Crippen molar-refractivity contribution in [2.45, 2.75) is 13.8 Å². The van der Waals surface area contributed by atoms with E-state index in [1.165, 1.54) is 6.20 Å². The molecule has 5 heteroatoms. The van der Waals surface area contributed by atoms with E-state index in [0.29, 0.717) is 10.6 Å². The van der Waals surface area contributed by atoms with E-state index < -0.39 is 5.97 Å². The number of pyridine rings is 1. The average Bonchev–Trinajstić information content (AvgIpc) is 2.45. The molecule has 1 aromatic heterocycles. The first-order valence-corrected chi connectivity index (χ1v) is 6.96. The highest BCUT2D eigenvalue weighted by atomic mass is 35.5. The van der Waals surface area contributed by atoms with Gasteiger partial charge >= 0.3 is 5.97 Å². The Morgan fingerprint density at radius 2 is 1.90 bits per heavy atom. The lowest BCUT2D eigenvalue weighted by atomic mass is 10.0. The van der Waals surface area contributed by atoms with Crippen molar-refractivity contribution in [1.29, 1.82) is 0 Å². The molecule has 0 bridgehead atoms. The van der Waals surface area contributed by atoms with Crippen LogP contribution in [0.1, 0.15) is 23.0 Å². The van der Waals surface area contributed by atoms with E-state index in [0.717, 1.165) is 11.3 Å². The Morgan fingerprint density at radius 3 is 2.48 bits per heavy atom. The van der Waals surface area contributed by atoms with Crippen LogP contribution in [0.4, 0.5) is 0 Å². The number of nitrogens with zero attached hydrogens (tertiary/aromatic N) is 1. The van der Waals surface area contributed by atoms with Crippen molar-refractivity contribution in [2.24, 2.45) is 7.05 Å². The molecule has 0 N–H and O–H groups in total. The minimum Gasteiger partial charge on any atom is -0.462 e. The molecule has 0 unspecified atom stereocenters. The van der Waals surface area contributed by atoms with Gasteiger partial charge in [0.15, 0.2) is 0 Å². The molecule has 2 aromatic rings. The van der Waals surface area contributed by atoms with Gasteiger partial charge in [0.25, 0.3) is 0 Å². The summed E-state index contributed by atoms with van der Waals surface area (Å²) in [5.74, 6) is -0.603. The molecule has 0 saturated carbocycles. The summed E-state index contributed by atoms with van der Waals surface area (Å²) in [5.41, 5.74) is 1.69. The highest BCUT2D eigenvalue weighted by Gasteiger charge is 2.18. The minimum absolute atomic E-state index is 0.0369. The third-order valence-corrected chi connectivity index (χ3v) is 3.57. The summed E-state index contributed by atoms with van der Waals surface area (Å²) in [6.45, 7) is 3.77. The van der Waals surface area contributed by atoms with Crippen LogP contribution in [0.3, 0.4) is 0 Å². The normalized spacial score (nSPS) is 10.5. The molecule has 0 aliphatic rings. The molecule has 0 atom stereocenters. The Hall–Kier alpha value is -2.07. The monoisotopic (exact) mass is 305 g/mol. The van der Waals surface area contributed by atoms with E-state index in [9.17, 15) is 9.59 Å². The molecule has 0 aliphatic heterocycles. The fourth-order valence-corrected chi connectivity index (χ4v) is 2.26. The molecule has 0 fully saturated rings. The van der Waals surface area contributed by atoms with E-state index >= 15 is 0 Å². The van der Waals surface area contributed by atoms with E-state index in [2.05, 4.69) is 0 Å². The van der Waals surface area contributed by atoms with Gasteiger partial charge in [0, 0.05) is 29.5 Å². The lowest BCUT2D eigenvalue weighted by Gasteiger charge is -2.13. The molecule has 4 nitrogen and oxygen atoms in total. The number of benzene rings is 1. The molecular formula is C16H16ClNO3. The standard InChI is InChI=1S/C16H16ClNO3/c1-4-21-16(20)13-9-18(3)10(2)14(15(13)19)11-5-7-12(17)8-6-11/h5-9H,4H2,1-3H3. The van der Waals surface area contributed by atoms with Gasteiger partial charge in [-0.05, 0) is 31.5 Å². The maximum atomic E-state index is 12.6. The Balaban J connectivity index is 2.68. The molecule has 2 rings (SSSR count). The molecular weight excluding hydrogens is 290 g/mol. The van der Waals surface area contributed by atoms with Gasteiger partial charge in [-0.2, -0.15) is 0 Å². The fraction of sp³-hybridized carbons (Fsp3) is 0.250. The molecule has 0 aliphatic carbocycles. The zero-order chi connectivity index (χ0) is 15.6. The van der Waals surface area contributed by atoms with Crippen LogP contribution in [-0.2, 0) is 11.8 Å². The topological polar surface area (TPSA) is 48.3 Å². The van der Waals surface area contributed by atoms with Gasteiger partial charge in [-0.15, -0.1) is 0 Å². The Bertz CT molecular complexity index is 732. The van der Waals surface area contributed by atoms with E-state index in [4.69, 9.17) is 16.3 Å². The van der Waals surface area contributed by atoms with Crippen LogP contribution >= 0.6 is 11.6 Å². The molecule has 21 heavy (non-hydrogen) atoms. The summed E-state index contributed by atoms with van der Waals surface area (Å²) in [4.78, 5) is 24.5. The van der Waals surface area contributed by atoms with Crippen molar-refractivity contribution in [3.63, 3.8) is 0 Å². The first-order valence-electron chi connectivity index (χ1n) is 6.59. The maximum absolute atomic E-state index is 12.6. The predicted molar refractivity (Wildman–Crippen MR) is 82.8 cm³/mol. The fourth-order valence-electron chi connectivity index (χ4n) is 2.14. The third kappa shape index (κ3) is 3.00. The summed E-state index contributed by atoms with van der Waals surface area (Å²) in [6.07, 6.45) is 1.51. The molecule has 1 heterocycles. The van der Waals surface area contributed by atoms with Crippen LogP contribution in [0.5, 0.6) is 0 Å². The molecule has 0 amide bonds. The molecule has 1 aromatic carbocycles. The second-order valence-electron chi connectivity index (χ2n) is 4.67. The van der Waals surface area contributed by atoms with Crippen molar-refractivity contribution >= 4 is 17.6 Å². The number of aryl methyl sites for hydroxylation is 1. The third-order valence-electron chi connectivity index (χ3n) is 3.31. The second kappa shape index (κ2) is 6.14. The predicted octanol–water partition coefficient (Wildman–Crippen LogP) is 3.19. The van der Waals surface area contributed by atoms with Crippen LogP contribution in [0.15, 0.2) is 35.3 Å². The summed E-state index contributed by atoms with van der Waals surface area (Å²) in [5, 5.41) is 0.592. The number of carbonyl (C=O) groups is 1. The number of ether oxygens (including phenoxy) is 1. The first-order chi connectivity index (χ1) is 9.95. The van der Waals surface area contributed by atoms with Crippen molar-refractivity contribution in [2.75, 3.05) is 6.61 Å². The maximum Gasteiger partial charge on any atom is 0.343 e. The van der Waals surface area contributed by atoms with E-state index in [-0.39, 0.29) is 17.6 Å². The van der Waals surface area contributed by atoms with Gasteiger partial charge in [-0.1, -0.05) is 23.7 Å².